The number of aromatic hydroxyl groups is 1. The maximum Gasteiger partial charge on any atom is 0.302 e. The van der Waals surface area contributed by atoms with Gasteiger partial charge in [0.25, 0.3) is 0 Å². The fourth-order valence-electron chi connectivity index (χ4n) is 4.34. The van der Waals surface area contributed by atoms with Crippen LogP contribution in [0.4, 0.5) is 5.69 Å². The molecule has 0 atom stereocenters. The van der Waals surface area contributed by atoms with Crippen molar-refractivity contribution in [1.82, 2.24) is 9.47 Å². The third kappa shape index (κ3) is 4.45. The molecule has 0 saturated carbocycles. The summed E-state index contributed by atoms with van der Waals surface area (Å²) in [5, 5.41) is 21.8. The zero-order valence-corrected chi connectivity index (χ0v) is 18.6. The number of benzene rings is 3. The van der Waals surface area contributed by atoms with Gasteiger partial charge in [0, 0.05) is 5.39 Å². The van der Waals surface area contributed by atoms with Crippen LogP contribution in [0.3, 0.4) is 0 Å². The Balaban J connectivity index is 1.34. The van der Waals surface area contributed by atoms with Gasteiger partial charge in [-0.25, -0.2) is 0 Å². The van der Waals surface area contributed by atoms with Crippen LogP contribution in [0.2, 0.25) is 0 Å². The summed E-state index contributed by atoms with van der Waals surface area (Å²) in [5.41, 5.74) is 2.23. The van der Waals surface area contributed by atoms with Gasteiger partial charge in [0.05, 0.1) is 12.2 Å². The Labute approximate surface area is 191 Å². The van der Waals surface area contributed by atoms with Gasteiger partial charge in [0.2, 0.25) is 5.88 Å². The van der Waals surface area contributed by atoms with E-state index in [9.17, 15) is 9.90 Å². The number of amides is 1. The molecule has 0 aliphatic carbocycles. The Morgan fingerprint density at radius 3 is 2.64 bits per heavy atom. The molecule has 1 aliphatic rings. The molecule has 4 aromatic rings. The number of aromatic nitrogens is 1. The summed E-state index contributed by atoms with van der Waals surface area (Å²) in [6, 6.07) is 19.6. The van der Waals surface area contributed by atoms with E-state index in [1.54, 1.807) is 0 Å². The van der Waals surface area contributed by atoms with Crippen molar-refractivity contribution >= 4 is 33.3 Å². The highest BCUT2D eigenvalue weighted by molar-refractivity contribution is 5.95. The van der Waals surface area contributed by atoms with Gasteiger partial charge in [0.15, 0.2) is 12.3 Å². The molecule has 0 unspecified atom stereocenters. The van der Waals surface area contributed by atoms with E-state index in [0.29, 0.717) is 18.1 Å². The molecular weight excluding hydrogens is 416 g/mol. The maximum absolute atomic E-state index is 12.4. The highest BCUT2D eigenvalue weighted by Gasteiger charge is 2.20. The second-order valence-electron chi connectivity index (χ2n) is 8.48. The first kappa shape index (κ1) is 21.2. The number of carbonyl (C=O) groups excluding carboxylic acids is 1. The first-order chi connectivity index (χ1) is 16.1. The third-order valence-corrected chi connectivity index (χ3v) is 6.05. The van der Waals surface area contributed by atoms with E-state index in [1.807, 2.05) is 72.2 Å². The number of ether oxygens (including phenoxy) is 1. The molecule has 5 rings (SSSR count). The molecule has 3 aromatic carbocycles. The lowest BCUT2D eigenvalue weighted by atomic mass is 10.1. The molecule has 33 heavy (non-hydrogen) atoms. The fraction of sp³-hybridized carbons (Fsp3) is 0.269. The first-order valence-electron chi connectivity index (χ1n) is 11.2. The zero-order chi connectivity index (χ0) is 22.8. The molecule has 0 bridgehead atoms. The van der Waals surface area contributed by atoms with E-state index < -0.39 is 5.91 Å². The monoisotopic (exact) mass is 442 g/mol. The van der Waals surface area contributed by atoms with Crippen molar-refractivity contribution in [3.63, 3.8) is 0 Å². The highest BCUT2D eigenvalue weighted by Crippen LogP contribution is 2.39. The van der Waals surface area contributed by atoms with Gasteiger partial charge in [-0.1, -0.05) is 42.0 Å². The summed E-state index contributed by atoms with van der Waals surface area (Å²) in [6.07, 6.45) is 2.33. The molecule has 1 aromatic heterocycles. The van der Waals surface area contributed by atoms with Crippen LogP contribution < -0.4 is 4.74 Å². The predicted octanol–water partition coefficient (Wildman–Crippen LogP) is 5.55. The number of likely N-dealkylation sites (tertiary alicyclic amines) is 1. The number of azo groups is 1. The highest BCUT2D eigenvalue weighted by atomic mass is 16.5. The van der Waals surface area contributed by atoms with Gasteiger partial charge in [0.1, 0.15) is 5.75 Å². The lowest BCUT2D eigenvalue weighted by Crippen LogP contribution is -2.22. The van der Waals surface area contributed by atoms with Crippen LogP contribution in [-0.2, 0) is 11.5 Å². The smallest absolute Gasteiger partial charge is 0.302 e. The maximum atomic E-state index is 12.4. The predicted molar refractivity (Wildman–Crippen MR) is 128 cm³/mol. The molecule has 1 aliphatic heterocycles. The molecule has 2 heterocycles. The van der Waals surface area contributed by atoms with Gasteiger partial charge in [-0.3, -0.25) is 14.3 Å². The molecule has 7 heteroatoms. The summed E-state index contributed by atoms with van der Waals surface area (Å²) < 4.78 is 7.46. The first-order valence-corrected chi connectivity index (χ1v) is 11.2. The molecule has 1 N–H and O–H groups in total. The minimum absolute atomic E-state index is 0.0227. The normalized spacial score (nSPS) is 14.6. The van der Waals surface area contributed by atoms with Gasteiger partial charge in [-0.15, -0.1) is 10.2 Å². The number of nitrogens with zero attached hydrogens (tertiary/aromatic N) is 4. The SMILES string of the molecule is Cc1ccc2c(c1)c(N=NC(=O)COc1ccc3ccccc3c1)c(O)n2CN1CCCC1. The lowest BCUT2D eigenvalue weighted by Gasteiger charge is -2.17. The van der Waals surface area contributed by atoms with Crippen LogP contribution in [0.15, 0.2) is 70.9 Å². The van der Waals surface area contributed by atoms with Crippen LogP contribution in [0.1, 0.15) is 18.4 Å². The molecular formula is C26H26N4O3. The third-order valence-electron chi connectivity index (χ3n) is 6.05. The van der Waals surface area contributed by atoms with Gasteiger partial charge in [-0.2, -0.15) is 0 Å². The topological polar surface area (TPSA) is 79.4 Å². The summed E-state index contributed by atoms with van der Waals surface area (Å²) in [7, 11) is 0. The van der Waals surface area contributed by atoms with Crippen molar-refractivity contribution < 1.29 is 14.6 Å². The Bertz CT molecular complexity index is 1350. The lowest BCUT2D eigenvalue weighted by molar-refractivity contribution is -0.120. The Morgan fingerprint density at radius 2 is 1.82 bits per heavy atom. The number of fused-ring (bicyclic) bond motifs is 2. The van der Waals surface area contributed by atoms with E-state index in [0.717, 1.165) is 53.2 Å². The fourth-order valence-corrected chi connectivity index (χ4v) is 4.34. The van der Waals surface area contributed by atoms with E-state index >= 15 is 0 Å². The van der Waals surface area contributed by atoms with Crippen LogP contribution in [0.25, 0.3) is 21.7 Å². The molecule has 0 spiro atoms. The van der Waals surface area contributed by atoms with E-state index in [4.69, 9.17) is 4.74 Å². The van der Waals surface area contributed by atoms with Crippen LogP contribution in [0.5, 0.6) is 11.6 Å². The van der Waals surface area contributed by atoms with Crippen molar-refractivity contribution in [2.75, 3.05) is 19.7 Å². The standard InChI is InChI=1S/C26H26N4O3/c1-18-8-11-23-22(14-18)25(26(32)30(23)17-29-12-4-5-13-29)28-27-24(31)16-33-21-10-9-19-6-2-3-7-20(19)15-21/h2-3,6-11,14-15,32H,4-5,12-13,16-17H2,1H3. The second kappa shape index (κ2) is 9.03. The van der Waals surface area contributed by atoms with Crippen molar-refractivity contribution in [2.45, 2.75) is 26.4 Å². The molecule has 0 radical (unpaired) electrons. The number of carbonyl (C=O) groups is 1. The summed E-state index contributed by atoms with van der Waals surface area (Å²) in [4.78, 5) is 14.7. The molecule has 1 amide bonds. The average molecular weight is 443 g/mol. The summed E-state index contributed by atoms with van der Waals surface area (Å²) >= 11 is 0. The van der Waals surface area contributed by atoms with E-state index in [2.05, 4.69) is 15.1 Å². The molecule has 168 valence electrons. The molecule has 1 saturated heterocycles. The molecule has 7 nitrogen and oxygen atoms in total. The van der Waals surface area contributed by atoms with Gasteiger partial charge in [-0.05, 0) is 67.9 Å². The van der Waals surface area contributed by atoms with E-state index in [-0.39, 0.29) is 12.5 Å². The van der Waals surface area contributed by atoms with Crippen LogP contribution >= 0.6 is 0 Å². The Hall–Kier alpha value is -3.71. The average Bonchev–Trinajstić information content (AvgIpc) is 3.43. The van der Waals surface area contributed by atoms with Crippen LogP contribution in [0, 0.1) is 6.92 Å². The second-order valence-corrected chi connectivity index (χ2v) is 8.48. The minimum Gasteiger partial charge on any atom is -0.493 e. The summed E-state index contributed by atoms with van der Waals surface area (Å²) in [5.74, 6) is 0.100. The minimum atomic E-state index is -0.518. The number of hydrogen-bond acceptors (Lipinski definition) is 5. The van der Waals surface area contributed by atoms with Crippen molar-refractivity contribution in [3.05, 3.63) is 66.2 Å². The Kier molecular flexibility index (Phi) is 5.79. The number of aryl methyl sites for hydroxylation is 1. The zero-order valence-electron chi connectivity index (χ0n) is 18.6. The largest absolute Gasteiger partial charge is 0.493 e. The molecule has 1 fully saturated rings. The quantitative estimate of drug-likeness (QED) is 0.397. The number of hydrogen-bond donors (Lipinski definition) is 1. The van der Waals surface area contributed by atoms with Gasteiger partial charge >= 0.3 is 5.91 Å². The summed E-state index contributed by atoms with van der Waals surface area (Å²) in [6.45, 7) is 4.35. The van der Waals surface area contributed by atoms with Crippen molar-refractivity contribution in [1.29, 1.82) is 0 Å². The number of rotatable bonds is 6. The van der Waals surface area contributed by atoms with Crippen LogP contribution in [-0.4, -0.2) is 40.2 Å². The van der Waals surface area contributed by atoms with Crippen molar-refractivity contribution in [2.24, 2.45) is 10.2 Å². The van der Waals surface area contributed by atoms with Gasteiger partial charge < -0.3 is 9.84 Å². The van der Waals surface area contributed by atoms with E-state index in [1.165, 1.54) is 0 Å². The van der Waals surface area contributed by atoms with Crippen molar-refractivity contribution in [3.8, 4) is 11.6 Å². The Morgan fingerprint density at radius 1 is 1.03 bits per heavy atom.